The molecule has 2 aliphatic rings. The molecule has 1 aliphatic heterocycles. The van der Waals surface area contributed by atoms with Crippen molar-refractivity contribution in [3.05, 3.63) is 35.9 Å². The monoisotopic (exact) mass is 338 g/mol. The van der Waals surface area contributed by atoms with E-state index < -0.39 is 6.57 Å². The summed E-state index contributed by atoms with van der Waals surface area (Å²) in [6.45, 7) is 0.0873. The van der Waals surface area contributed by atoms with Gasteiger partial charge in [-0.3, -0.25) is 0 Å². The van der Waals surface area contributed by atoms with E-state index in [0.29, 0.717) is 12.1 Å². The molecular weight excluding hydrogens is 311 g/mol. The lowest BCUT2D eigenvalue weighted by atomic mass is 9.91. The highest BCUT2D eigenvalue weighted by molar-refractivity contribution is 8.10. The van der Waals surface area contributed by atoms with E-state index in [1.165, 1.54) is 31.2 Å². The van der Waals surface area contributed by atoms with Gasteiger partial charge >= 0.3 is 0 Å². The molecule has 22 heavy (non-hydrogen) atoms. The minimum atomic E-state index is -2.10. The van der Waals surface area contributed by atoms with Crippen molar-refractivity contribution in [1.82, 2.24) is 9.34 Å². The van der Waals surface area contributed by atoms with Crippen LogP contribution in [0.15, 0.2) is 30.3 Å². The highest BCUT2D eigenvalue weighted by Gasteiger charge is 2.50. The lowest BCUT2D eigenvalue weighted by Gasteiger charge is -2.34. The fraction of sp³-hybridized carbons (Fsp3) is 0.647. The largest absolute Gasteiger partial charge is 0.319 e. The zero-order valence-electron chi connectivity index (χ0n) is 13.8. The first-order valence-electron chi connectivity index (χ1n) is 8.38. The van der Waals surface area contributed by atoms with Crippen molar-refractivity contribution >= 4 is 18.4 Å². The number of hydrogen-bond acceptors (Lipinski definition) is 2. The first-order chi connectivity index (χ1) is 10.6. The Hall–Kier alpha value is -0.250. The number of likely N-dealkylation sites (N-methyl/N-ethyl adjacent to an activating group) is 2. The maximum atomic E-state index is 6.63. The van der Waals surface area contributed by atoms with Crippen LogP contribution in [0.4, 0.5) is 0 Å². The van der Waals surface area contributed by atoms with E-state index in [4.69, 9.17) is 16.3 Å². The van der Waals surface area contributed by atoms with E-state index in [2.05, 4.69) is 60.7 Å². The Kier molecular flexibility index (Phi) is 5.06. The molecule has 1 aromatic rings. The lowest BCUT2D eigenvalue weighted by Crippen LogP contribution is -2.37. The molecule has 0 bridgehead atoms. The van der Waals surface area contributed by atoms with Gasteiger partial charge in [0, 0.05) is 12.1 Å². The van der Waals surface area contributed by atoms with Crippen molar-refractivity contribution in [2.45, 2.75) is 57.2 Å². The lowest BCUT2D eigenvalue weighted by molar-refractivity contribution is 0.197. The molecule has 0 amide bonds. The number of rotatable bonds is 4. The third-order valence-electron chi connectivity index (χ3n) is 5.26. The van der Waals surface area contributed by atoms with Crippen molar-refractivity contribution < 1.29 is 4.52 Å². The summed E-state index contributed by atoms with van der Waals surface area (Å²) in [4.78, 5) is 0. The van der Waals surface area contributed by atoms with Gasteiger partial charge in [0.25, 0.3) is 0 Å². The van der Waals surface area contributed by atoms with Gasteiger partial charge in [-0.1, -0.05) is 50.1 Å². The van der Waals surface area contributed by atoms with Gasteiger partial charge in [-0.05, 0) is 50.7 Å². The van der Waals surface area contributed by atoms with Gasteiger partial charge in [-0.25, -0.2) is 9.34 Å². The molecule has 1 aliphatic carbocycles. The first kappa shape index (κ1) is 16.6. The quantitative estimate of drug-likeness (QED) is 0.747. The first-order valence-corrected chi connectivity index (χ1v) is 11.0. The fourth-order valence-corrected chi connectivity index (χ4v) is 7.59. The number of fused-ring (bicyclic) bond motifs is 1. The Morgan fingerprint density at radius 2 is 1.68 bits per heavy atom. The molecule has 1 saturated heterocycles. The minimum absolute atomic E-state index is 0.0945. The van der Waals surface area contributed by atoms with Crippen LogP contribution in [0.2, 0.25) is 0 Å². The second kappa shape index (κ2) is 6.70. The molecule has 3 rings (SSSR count). The van der Waals surface area contributed by atoms with Crippen LogP contribution < -0.4 is 0 Å². The topological polar surface area (TPSA) is 15.7 Å². The molecule has 122 valence electrons. The maximum Gasteiger partial charge on any atom is 0.204 e. The van der Waals surface area contributed by atoms with Gasteiger partial charge in [0.2, 0.25) is 6.57 Å². The SMILES string of the molecule is CC[C@H](OP1(=S)N(C)[C@@H]2CCCC[C@H]2N1C)c1ccccc1. The van der Waals surface area contributed by atoms with Gasteiger partial charge in [0.15, 0.2) is 0 Å². The highest BCUT2D eigenvalue weighted by atomic mass is 32.5. The molecule has 2 fully saturated rings. The second-order valence-corrected chi connectivity index (χ2v) is 10.4. The summed E-state index contributed by atoms with van der Waals surface area (Å²) < 4.78 is 11.4. The van der Waals surface area contributed by atoms with Crippen LogP contribution in [-0.2, 0) is 16.3 Å². The molecule has 3 nitrogen and oxygen atoms in total. The number of nitrogens with zero attached hydrogens (tertiary/aromatic N) is 2. The van der Waals surface area contributed by atoms with Crippen LogP contribution in [0.5, 0.6) is 0 Å². The van der Waals surface area contributed by atoms with Crippen LogP contribution >= 0.6 is 6.57 Å². The molecule has 3 atom stereocenters. The predicted molar refractivity (Wildman–Crippen MR) is 96.4 cm³/mol. The summed E-state index contributed by atoms with van der Waals surface area (Å²) >= 11 is 6.11. The molecular formula is C17H27N2OPS. The van der Waals surface area contributed by atoms with Crippen molar-refractivity contribution in [2.24, 2.45) is 0 Å². The third kappa shape index (κ3) is 2.81. The van der Waals surface area contributed by atoms with E-state index in [-0.39, 0.29) is 6.10 Å². The van der Waals surface area contributed by atoms with Gasteiger partial charge in [0.05, 0.1) is 6.10 Å². The molecule has 0 radical (unpaired) electrons. The second-order valence-electron chi connectivity index (χ2n) is 6.47. The molecule has 0 N–H and O–H groups in total. The summed E-state index contributed by atoms with van der Waals surface area (Å²) in [6, 6.07) is 11.7. The smallest absolute Gasteiger partial charge is 0.204 e. The maximum absolute atomic E-state index is 6.63. The van der Waals surface area contributed by atoms with Gasteiger partial charge in [-0.2, -0.15) is 0 Å². The minimum Gasteiger partial charge on any atom is -0.319 e. The van der Waals surface area contributed by atoms with Crippen LogP contribution in [0.3, 0.4) is 0 Å². The average Bonchev–Trinajstić information content (AvgIpc) is 2.76. The van der Waals surface area contributed by atoms with Crippen molar-refractivity contribution in [3.63, 3.8) is 0 Å². The van der Waals surface area contributed by atoms with Crippen molar-refractivity contribution in [1.29, 1.82) is 0 Å². The number of benzene rings is 1. The predicted octanol–water partition coefficient (Wildman–Crippen LogP) is 4.57. The summed E-state index contributed by atoms with van der Waals surface area (Å²) in [5.74, 6) is 0. The van der Waals surface area contributed by atoms with E-state index in [9.17, 15) is 0 Å². The zero-order chi connectivity index (χ0) is 15.7. The Morgan fingerprint density at radius 3 is 2.18 bits per heavy atom. The summed E-state index contributed by atoms with van der Waals surface area (Å²) in [6.07, 6.45) is 6.22. The molecule has 0 spiro atoms. The molecule has 0 aromatic heterocycles. The standard InChI is InChI=1S/C17H27N2OPS/c1-4-17(14-10-6-5-7-11-14)20-21(22)18(2)15-12-8-9-13-16(15)19(21)3/h5-7,10-11,15-17H,4,8-9,12-13H2,1-3H3/t15-,16-,17+/m1/s1. The Labute approximate surface area is 139 Å². The Bertz CT molecular complexity index is 531. The molecule has 0 unspecified atom stereocenters. The van der Waals surface area contributed by atoms with Gasteiger partial charge in [0.1, 0.15) is 0 Å². The van der Waals surface area contributed by atoms with Crippen molar-refractivity contribution in [2.75, 3.05) is 14.1 Å². The Morgan fingerprint density at radius 1 is 1.14 bits per heavy atom. The molecule has 5 heteroatoms. The van der Waals surface area contributed by atoms with E-state index >= 15 is 0 Å². The Balaban J connectivity index is 1.84. The van der Waals surface area contributed by atoms with E-state index in [1.807, 2.05) is 0 Å². The van der Waals surface area contributed by atoms with Crippen LogP contribution in [0.1, 0.15) is 50.7 Å². The molecule has 1 saturated carbocycles. The number of hydrogen-bond donors (Lipinski definition) is 0. The summed E-state index contributed by atoms with van der Waals surface area (Å²) in [5, 5.41) is 0. The molecule has 1 aromatic carbocycles. The summed E-state index contributed by atoms with van der Waals surface area (Å²) in [7, 11) is 4.37. The summed E-state index contributed by atoms with van der Waals surface area (Å²) in [5.41, 5.74) is 1.24. The highest BCUT2D eigenvalue weighted by Crippen LogP contribution is 2.64. The third-order valence-corrected chi connectivity index (χ3v) is 9.78. The van der Waals surface area contributed by atoms with E-state index in [0.717, 1.165) is 6.42 Å². The average molecular weight is 338 g/mol. The van der Waals surface area contributed by atoms with Crippen LogP contribution in [-0.4, -0.2) is 35.5 Å². The van der Waals surface area contributed by atoms with Gasteiger partial charge in [-0.15, -0.1) is 0 Å². The van der Waals surface area contributed by atoms with Crippen molar-refractivity contribution in [3.8, 4) is 0 Å². The van der Waals surface area contributed by atoms with Gasteiger partial charge < -0.3 is 4.52 Å². The van der Waals surface area contributed by atoms with E-state index in [1.54, 1.807) is 0 Å². The fourth-order valence-electron chi connectivity index (χ4n) is 3.91. The van der Waals surface area contributed by atoms with Crippen LogP contribution in [0, 0.1) is 0 Å². The zero-order valence-corrected chi connectivity index (χ0v) is 15.5. The molecule has 1 heterocycles. The normalized spacial score (nSPS) is 30.1. The van der Waals surface area contributed by atoms with Crippen LogP contribution in [0.25, 0.3) is 0 Å².